The van der Waals surface area contributed by atoms with Crippen LogP contribution in [0, 0.1) is 0 Å². The van der Waals surface area contributed by atoms with E-state index in [1.54, 1.807) is 14.0 Å². The Morgan fingerprint density at radius 1 is 1.38 bits per heavy atom. The van der Waals surface area contributed by atoms with Gasteiger partial charge in [-0.2, -0.15) is 0 Å². The summed E-state index contributed by atoms with van der Waals surface area (Å²) >= 11 is 0. The first kappa shape index (κ1) is 15.6. The molecule has 2 rings (SSSR count). The van der Waals surface area contributed by atoms with Crippen LogP contribution in [-0.4, -0.2) is 31.7 Å². The van der Waals surface area contributed by atoms with Crippen molar-refractivity contribution in [2.45, 2.75) is 45.4 Å². The summed E-state index contributed by atoms with van der Waals surface area (Å²) in [4.78, 5) is 11.5. The first-order chi connectivity index (χ1) is 10.1. The minimum atomic E-state index is -0.551. The van der Waals surface area contributed by atoms with Gasteiger partial charge < -0.3 is 20.1 Å². The van der Waals surface area contributed by atoms with Crippen molar-refractivity contribution in [3.05, 3.63) is 23.8 Å². The van der Waals surface area contributed by atoms with E-state index < -0.39 is 6.10 Å². The van der Waals surface area contributed by atoms with E-state index in [2.05, 4.69) is 10.6 Å². The number of hydrogen-bond acceptors (Lipinski definition) is 4. The molecule has 5 nitrogen and oxygen atoms in total. The predicted molar refractivity (Wildman–Crippen MR) is 81.6 cm³/mol. The lowest BCUT2D eigenvalue weighted by molar-refractivity contribution is -0.126. The van der Waals surface area contributed by atoms with Crippen LogP contribution in [0.2, 0.25) is 0 Å². The fourth-order valence-electron chi connectivity index (χ4n) is 2.02. The van der Waals surface area contributed by atoms with Crippen LogP contribution >= 0.6 is 0 Å². The molecular formula is C16H24N2O3. The monoisotopic (exact) mass is 292 g/mol. The molecule has 1 fully saturated rings. The molecule has 0 bridgehead atoms. The Labute approximate surface area is 126 Å². The number of nitrogens with one attached hydrogen (secondary N) is 2. The van der Waals surface area contributed by atoms with Crippen molar-refractivity contribution in [3.63, 3.8) is 0 Å². The second kappa shape index (κ2) is 7.31. The topological polar surface area (TPSA) is 59.6 Å². The van der Waals surface area contributed by atoms with E-state index in [1.165, 1.54) is 12.8 Å². The molecule has 5 heteroatoms. The molecule has 1 aromatic carbocycles. The fourth-order valence-corrected chi connectivity index (χ4v) is 2.02. The van der Waals surface area contributed by atoms with Gasteiger partial charge in [0.1, 0.15) is 0 Å². The van der Waals surface area contributed by atoms with Crippen molar-refractivity contribution < 1.29 is 14.3 Å². The molecule has 116 valence electrons. The van der Waals surface area contributed by atoms with E-state index in [-0.39, 0.29) is 5.91 Å². The summed E-state index contributed by atoms with van der Waals surface area (Å²) in [6, 6.07) is 6.52. The van der Waals surface area contributed by atoms with Gasteiger partial charge in [0.25, 0.3) is 5.91 Å². The second-order valence-electron chi connectivity index (χ2n) is 5.24. The average molecular weight is 292 g/mol. The smallest absolute Gasteiger partial charge is 0.260 e. The predicted octanol–water partition coefficient (Wildman–Crippen LogP) is 1.85. The van der Waals surface area contributed by atoms with Crippen LogP contribution in [0.5, 0.6) is 11.5 Å². The second-order valence-corrected chi connectivity index (χ2v) is 5.24. The summed E-state index contributed by atoms with van der Waals surface area (Å²) in [6.07, 6.45) is 1.98. The van der Waals surface area contributed by atoms with Crippen molar-refractivity contribution in [1.82, 2.24) is 10.6 Å². The van der Waals surface area contributed by atoms with Gasteiger partial charge in [-0.1, -0.05) is 6.07 Å². The molecule has 21 heavy (non-hydrogen) atoms. The van der Waals surface area contributed by atoms with Gasteiger partial charge in [0.15, 0.2) is 17.6 Å². The molecule has 0 aliphatic heterocycles. The summed E-state index contributed by atoms with van der Waals surface area (Å²) < 4.78 is 11.3. The Balaban J connectivity index is 2.05. The standard InChI is InChI=1S/C16H24N2O3/c1-4-20-15-9-12(10-18-13-6-7-13)5-8-14(15)21-11(2)16(19)17-3/h5,8-9,11,13,18H,4,6-7,10H2,1-3H3,(H,17,19). The fraction of sp³-hybridized carbons (Fsp3) is 0.562. The van der Waals surface area contributed by atoms with Crippen LogP contribution in [0.15, 0.2) is 18.2 Å². The first-order valence-electron chi connectivity index (χ1n) is 7.51. The van der Waals surface area contributed by atoms with Crippen LogP contribution in [0.1, 0.15) is 32.3 Å². The maximum atomic E-state index is 11.5. The van der Waals surface area contributed by atoms with E-state index in [1.807, 2.05) is 25.1 Å². The molecule has 1 aliphatic carbocycles. The van der Waals surface area contributed by atoms with Crippen molar-refractivity contribution in [1.29, 1.82) is 0 Å². The minimum Gasteiger partial charge on any atom is -0.490 e. The highest BCUT2D eigenvalue weighted by Crippen LogP contribution is 2.30. The third kappa shape index (κ3) is 4.63. The number of benzene rings is 1. The highest BCUT2D eigenvalue weighted by molar-refractivity contribution is 5.80. The largest absolute Gasteiger partial charge is 0.490 e. The van der Waals surface area contributed by atoms with Gasteiger partial charge in [-0.3, -0.25) is 4.79 Å². The number of ether oxygens (including phenoxy) is 2. The van der Waals surface area contributed by atoms with Crippen molar-refractivity contribution >= 4 is 5.91 Å². The molecule has 1 aliphatic rings. The molecule has 1 saturated carbocycles. The zero-order valence-corrected chi connectivity index (χ0v) is 12.9. The molecular weight excluding hydrogens is 268 g/mol. The van der Waals surface area contributed by atoms with Crippen LogP contribution in [-0.2, 0) is 11.3 Å². The van der Waals surface area contributed by atoms with E-state index >= 15 is 0 Å². The highest BCUT2D eigenvalue weighted by atomic mass is 16.5. The number of carbonyl (C=O) groups excluding carboxylic acids is 1. The summed E-state index contributed by atoms with van der Waals surface area (Å²) in [5.74, 6) is 1.13. The van der Waals surface area contributed by atoms with E-state index in [0.29, 0.717) is 24.1 Å². The van der Waals surface area contributed by atoms with E-state index in [4.69, 9.17) is 9.47 Å². The summed E-state index contributed by atoms with van der Waals surface area (Å²) in [5.41, 5.74) is 1.16. The van der Waals surface area contributed by atoms with Crippen molar-refractivity contribution in [2.75, 3.05) is 13.7 Å². The van der Waals surface area contributed by atoms with Crippen LogP contribution in [0.4, 0.5) is 0 Å². The van der Waals surface area contributed by atoms with Crippen molar-refractivity contribution in [2.24, 2.45) is 0 Å². The molecule has 2 N–H and O–H groups in total. The minimum absolute atomic E-state index is 0.156. The normalized spacial score (nSPS) is 15.4. The molecule has 1 atom stereocenters. The summed E-state index contributed by atoms with van der Waals surface area (Å²) in [5, 5.41) is 6.04. The van der Waals surface area contributed by atoms with Crippen LogP contribution in [0.25, 0.3) is 0 Å². The lowest BCUT2D eigenvalue weighted by Crippen LogP contribution is -2.33. The molecule has 0 heterocycles. The van der Waals surface area contributed by atoms with E-state index in [0.717, 1.165) is 12.1 Å². The lowest BCUT2D eigenvalue weighted by Gasteiger charge is -2.17. The van der Waals surface area contributed by atoms with Gasteiger partial charge in [0, 0.05) is 19.6 Å². The Kier molecular flexibility index (Phi) is 5.44. The maximum Gasteiger partial charge on any atom is 0.260 e. The number of amides is 1. The maximum absolute atomic E-state index is 11.5. The molecule has 0 aromatic heterocycles. The van der Waals surface area contributed by atoms with Gasteiger partial charge in [-0.05, 0) is 44.4 Å². The third-order valence-corrected chi connectivity index (χ3v) is 3.40. The molecule has 1 amide bonds. The Morgan fingerprint density at radius 3 is 2.76 bits per heavy atom. The Hall–Kier alpha value is -1.75. The Morgan fingerprint density at radius 2 is 2.14 bits per heavy atom. The molecule has 1 aromatic rings. The van der Waals surface area contributed by atoms with Gasteiger partial charge >= 0.3 is 0 Å². The zero-order valence-electron chi connectivity index (χ0n) is 12.9. The van der Waals surface area contributed by atoms with Gasteiger partial charge in [-0.25, -0.2) is 0 Å². The summed E-state index contributed by atoms with van der Waals surface area (Å²) in [7, 11) is 1.60. The first-order valence-corrected chi connectivity index (χ1v) is 7.51. The average Bonchev–Trinajstić information content (AvgIpc) is 3.31. The zero-order chi connectivity index (χ0) is 15.2. The molecule has 0 radical (unpaired) electrons. The number of hydrogen-bond donors (Lipinski definition) is 2. The number of rotatable bonds is 8. The quantitative estimate of drug-likeness (QED) is 0.768. The molecule has 0 spiro atoms. The van der Waals surface area contributed by atoms with Gasteiger partial charge in [0.05, 0.1) is 6.61 Å². The number of likely N-dealkylation sites (N-methyl/N-ethyl adjacent to an activating group) is 1. The summed E-state index contributed by atoms with van der Waals surface area (Å²) in [6.45, 7) is 5.04. The molecule has 1 unspecified atom stereocenters. The van der Waals surface area contributed by atoms with Gasteiger partial charge in [0.2, 0.25) is 0 Å². The SMILES string of the molecule is CCOc1cc(CNC2CC2)ccc1OC(C)C(=O)NC. The third-order valence-electron chi connectivity index (χ3n) is 3.40. The van der Waals surface area contributed by atoms with E-state index in [9.17, 15) is 4.79 Å². The van der Waals surface area contributed by atoms with Crippen LogP contribution < -0.4 is 20.1 Å². The molecule has 0 saturated heterocycles. The highest BCUT2D eigenvalue weighted by Gasteiger charge is 2.20. The lowest BCUT2D eigenvalue weighted by atomic mass is 10.2. The van der Waals surface area contributed by atoms with Crippen LogP contribution in [0.3, 0.4) is 0 Å². The Bertz CT molecular complexity index is 486. The van der Waals surface area contributed by atoms with Gasteiger partial charge in [-0.15, -0.1) is 0 Å². The number of carbonyl (C=O) groups is 1. The van der Waals surface area contributed by atoms with Crippen molar-refractivity contribution in [3.8, 4) is 11.5 Å².